The highest BCUT2D eigenvalue weighted by Crippen LogP contribution is 2.30. The normalized spacial score (nSPS) is 11.6. The highest BCUT2D eigenvalue weighted by atomic mass is 79.9. The van der Waals surface area contributed by atoms with Crippen LogP contribution in [0.25, 0.3) is 0 Å². The maximum atomic E-state index is 8.66. The SMILES string of the molecule is N/C(=N/O)c1ccc(Sc2ccc(Cl)cn2)cc1Br. The van der Waals surface area contributed by atoms with E-state index in [0.29, 0.717) is 10.6 Å². The first kappa shape index (κ1) is 14.2. The van der Waals surface area contributed by atoms with Crippen LogP contribution in [-0.2, 0) is 0 Å². The van der Waals surface area contributed by atoms with Gasteiger partial charge in [-0.1, -0.05) is 28.5 Å². The fourth-order valence-corrected chi connectivity index (χ4v) is 3.01. The summed E-state index contributed by atoms with van der Waals surface area (Å²) in [6.45, 7) is 0. The van der Waals surface area contributed by atoms with Gasteiger partial charge in [0.15, 0.2) is 5.84 Å². The van der Waals surface area contributed by atoms with Gasteiger partial charge in [0, 0.05) is 21.1 Å². The molecule has 0 atom stereocenters. The summed E-state index contributed by atoms with van der Waals surface area (Å²) in [6, 6.07) is 9.17. The highest BCUT2D eigenvalue weighted by Gasteiger charge is 2.07. The van der Waals surface area contributed by atoms with Crippen molar-refractivity contribution in [1.82, 2.24) is 4.98 Å². The second-order valence-electron chi connectivity index (χ2n) is 3.54. The number of aromatic nitrogens is 1. The van der Waals surface area contributed by atoms with Crippen molar-refractivity contribution in [3.63, 3.8) is 0 Å². The molecule has 0 aliphatic carbocycles. The Kier molecular flexibility index (Phi) is 4.68. The minimum Gasteiger partial charge on any atom is -0.409 e. The van der Waals surface area contributed by atoms with Crippen LogP contribution in [0.4, 0.5) is 0 Å². The van der Waals surface area contributed by atoms with Gasteiger partial charge in [0.1, 0.15) is 5.03 Å². The van der Waals surface area contributed by atoms with E-state index in [1.54, 1.807) is 18.3 Å². The Morgan fingerprint density at radius 2 is 2.16 bits per heavy atom. The topological polar surface area (TPSA) is 71.5 Å². The van der Waals surface area contributed by atoms with Crippen molar-refractivity contribution in [3.05, 3.63) is 51.6 Å². The standard InChI is InChI=1S/C12H9BrClN3OS/c13-10-5-8(2-3-9(10)12(15)17-18)19-11-4-1-7(14)6-16-11/h1-6,18H,(H2,15,17). The lowest BCUT2D eigenvalue weighted by Gasteiger charge is -2.05. The average molecular weight is 359 g/mol. The fraction of sp³-hybridized carbons (Fsp3) is 0. The number of nitrogens with zero attached hydrogens (tertiary/aromatic N) is 2. The molecule has 4 nitrogen and oxygen atoms in total. The van der Waals surface area contributed by atoms with Gasteiger partial charge in [0.2, 0.25) is 0 Å². The highest BCUT2D eigenvalue weighted by molar-refractivity contribution is 9.10. The monoisotopic (exact) mass is 357 g/mol. The third-order valence-electron chi connectivity index (χ3n) is 2.25. The number of pyridine rings is 1. The summed E-state index contributed by atoms with van der Waals surface area (Å²) in [5.74, 6) is 0.0630. The van der Waals surface area contributed by atoms with E-state index in [1.807, 2.05) is 18.2 Å². The summed E-state index contributed by atoms with van der Waals surface area (Å²) in [5.41, 5.74) is 6.19. The van der Waals surface area contributed by atoms with Crippen LogP contribution in [0.15, 0.2) is 56.1 Å². The predicted octanol–water partition coefficient (Wildman–Crippen LogP) is 3.74. The molecule has 1 aromatic carbocycles. The number of rotatable bonds is 3. The van der Waals surface area contributed by atoms with Gasteiger partial charge >= 0.3 is 0 Å². The molecule has 1 heterocycles. The number of oxime groups is 1. The van der Waals surface area contributed by atoms with Crippen LogP contribution in [0.1, 0.15) is 5.56 Å². The summed E-state index contributed by atoms with van der Waals surface area (Å²) in [4.78, 5) is 5.19. The van der Waals surface area contributed by atoms with Gasteiger partial charge in [0.05, 0.1) is 5.02 Å². The zero-order chi connectivity index (χ0) is 13.8. The van der Waals surface area contributed by atoms with E-state index in [9.17, 15) is 0 Å². The fourth-order valence-electron chi connectivity index (χ4n) is 1.36. The number of nitrogens with two attached hydrogens (primary N) is 1. The Balaban J connectivity index is 2.23. The van der Waals surface area contributed by atoms with Crippen molar-refractivity contribution in [3.8, 4) is 0 Å². The Labute approximate surface area is 127 Å². The largest absolute Gasteiger partial charge is 0.409 e. The second-order valence-corrected chi connectivity index (χ2v) is 5.93. The second kappa shape index (κ2) is 6.27. The van der Waals surface area contributed by atoms with E-state index < -0.39 is 0 Å². The quantitative estimate of drug-likeness (QED) is 0.379. The molecule has 0 aliphatic rings. The molecule has 2 aromatic rings. The first-order valence-corrected chi connectivity index (χ1v) is 7.16. The molecule has 0 bridgehead atoms. The lowest BCUT2D eigenvalue weighted by Crippen LogP contribution is -2.13. The molecule has 0 spiro atoms. The summed E-state index contributed by atoms with van der Waals surface area (Å²) >= 11 is 10.7. The van der Waals surface area contributed by atoms with E-state index in [4.69, 9.17) is 22.5 Å². The van der Waals surface area contributed by atoms with Gasteiger partial charge in [0.25, 0.3) is 0 Å². The van der Waals surface area contributed by atoms with Crippen molar-refractivity contribution in [2.24, 2.45) is 10.9 Å². The molecule has 2 rings (SSSR count). The molecule has 19 heavy (non-hydrogen) atoms. The van der Waals surface area contributed by atoms with Gasteiger partial charge in [-0.3, -0.25) is 0 Å². The van der Waals surface area contributed by atoms with Crippen LogP contribution in [0.3, 0.4) is 0 Å². The first-order chi connectivity index (χ1) is 9.10. The minimum absolute atomic E-state index is 0.0630. The van der Waals surface area contributed by atoms with E-state index >= 15 is 0 Å². The van der Waals surface area contributed by atoms with Crippen molar-refractivity contribution >= 4 is 45.1 Å². The van der Waals surface area contributed by atoms with Crippen LogP contribution >= 0.6 is 39.3 Å². The van der Waals surface area contributed by atoms with Gasteiger partial charge < -0.3 is 10.9 Å². The summed E-state index contributed by atoms with van der Waals surface area (Å²) < 4.78 is 0.752. The summed E-state index contributed by atoms with van der Waals surface area (Å²) in [7, 11) is 0. The number of benzene rings is 1. The molecule has 98 valence electrons. The number of hydrogen-bond donors (Lipinski definition) is 2. The van der Waals surface area contributed by atoms with Gasteiger partial charge in [-0.25, -0.2) is 4.98 Å². The third kappa shape index (κ3) is 3.62. The van der Waals surface area contributed by atoms with Gasteiger partial charge in [-0.15, -0.1) is 0 Å². The molecule has 0 saturated carbocycles. The molecule has 0 radical (unpaired) electrons. The summed E-state index contributed by atoms with van der Waals surface area (Å²) in [6.07, 6.45) is 1.60. The van der Waals surface area contributed by atoms with E-state index in [1.165, 1.54) is 11.8 Å². The molecule has 0 fully saturated rings. The number of halogens is 2. The Bertz CT molecular complexity index is 619. The first-order valence-electron chi connectivity index (χ1n) is 5.17. The molecule has 0 aliphatic heterocycles. The van der Waals surface area contributed by atoms with E-state index in [-0.39, 0.29) is 5.84 Å². The predicted molar refractivity (Wildman–Crippen MR) is 80.0 cm³/mol. The van der Waals surface area contributed by atoms with Crippen LogP contribution in [0.2, 0.25) is 5.02 Å². The molecule has 3 N–H and O–H groups in total. The molecular weight excluding hydrogens is 350 g/mol. The van der Waals surface area contributed by atoms with Crippen LogP contribution < -0.4 is 5.73 Å². The molecule has 7 heteroatoms. The minimum atomic E-state index is 0.0630. The van der Waals surface area contributed by atoms with Gasteiger partial charge in [-0.2, -0.15) is 0 Å². The molecule has 0 unspecified atom stereocenters. The Hall–Kier alpha value is -1.24. The van der Waals surface area contributed by atoms with Crippen LogP contribution in [-0.4, -0.2) is 16.0 Å². The molecular formula is C12H9BrClN3OS. The summed E-state index contributed by atoms with van der Waals surface area (Å²) in [5, 5.41) is 13.1. The van der Waals surface area contributed by atoms with Crippen LogP contribution in [0.5, 0.6) is 0 Å². The van der Waals surface area contributed by atoms with Crippen molar-refractivity contribution in [2.45, 2.75) is 9.92 Å². The van der Waals surface area contributed by atoms with Crippen molar-refractivity contribution in [1.29, 1.82) is 0 Å². The third-order valence-corrected chi connectivity index (χ3v) is 4.07. The lowest BCUT2D eigenvalue weighted by molar-refractivity contribution is 0.318. The van der Waals surface area contributed by atoms with Crippen molar-refractivity contribution < 1.29 is 5.21 Å². The van der Waals surface area contributed by atoms with E-state index in [2.05, 4.69) is 26.1 Å². The van der Waals surface area contributed by atoms with Crippen molar-refractivity contribution in [2.75, 3.05) is 0 Å². The molecule has 0 saturated heterocycles. The lowest BCUT2D eigenvalue weighted by atomic mass is 10.2. The zero-order valence-corrected chi connectivity index (χ0v) is 12.7. The molecule has 0 amide bonds. The number of amidine groups is 1. The number of hydrogen-bond acceptors (Lipinski definition) is 4. The maximum absolute atomic E-state index is 8.66. The van der Waals surface area contributed by atoms with Gasteiger partial charge in [-0.05, 0) is 46.3 Å². The average Bonchev–Trinajstić information content (AvgIpc) is 2.41. The van der Waals surface area contributed by atoms with E-state index in [0.717, 1.165) is 14.4 Å². The van der Waals surface area contributed by atoms with Crippen LogP contribution in [0, 0.1) is 0 Å². The smallest absolute Gasteiger partial charge is 0.171 e. The molecule has 1 aromatic heterocycles. The Morgan fingerprint density at radius 1 is 1.37 bits per heavy atom. The zero-order valence-electron chi connectivity index (χ0n) is 9.55. The Morgan fingerprint density at radius 3 is 2.74 bits per heavy atom. The maximum Gasteiger partial charge on any atom is 0.171 e.